The summed E-state index contributed by atoms with van der Waals surface area (Å²) < 4.78 is 0. The van der Waals surface area contributed by atoms with E-state index in [0.29, 0.717) is 11.7 Å². The summed E-state index contributed by atoms with van der Waals surface area (Å²) in [5.74, 6) is 0.850. The second-order valence-electron chi connectivity index (χ2n) is 8.46. The minimum Gasteiger partial charge on any atom is -0.507 e. The molecule has 1 fully saturated rings. The zero-order valence-electron chi connectivity index (χ0n) is 17.7. The number of nitrogens with zero attached hydrogens (tertiary/aromatic N) is 1. The van der Waals surface area contributed by atoms with Crippen LogP contribution >= 0.6 is 0 Å². The summed E-state index contributed by atoms with van der Waals surface area (Å²) in [4.78, 5) is 4.64. The molecule has 2 heteroatoms. The van der Waals surface area contributed by atoms with Gasteiger partial charge < -0.3 is 5.11 Å². The smallest absolute Gasteiger partial charge is 0.132 e. The van der Waals surface area contributed by atoms with E-state index in [9.17, 15) is 5.11 Å². The summed E-state index contributed by atoms with van der Waals surface area (Å²) in [5.41, 5.74) is 4.96. The summed E-state index contributed by atoms with van der Waals surface area (Å²) in [6, 6.07) is 28.9. The van der Waals surface area contributed by atoms with E-state index in [1.54, 1.807) is 0 Å². The van der Waals surface area contributed by atoms with Gasteiger partial charge in [0.2, 0.25) is 0 Å². The molecule has 1 aliphatic rings. The normalized spacial score (nSPS) is 15.0. The SMILES string of the molecule is Oc1c(C=Nc2ccccc2)cc(C2CCCCC2)cc1-c1cccc2ccccc12. The van der Waals surface area contributed by atoms with E-state index >= 15 is 0 Å². The van der Waals surface area contributed by atoms with Crippen molar-refractivity contribution in [1.29, 1.82) is 0 Å². The van der Waals surface area contributed by atoms with Gasteiger partial charge in [0.25, 0.3) is 0 Å². The number of phenolic OH excluding ortho intramolecular Hbond substituents is 1. The third-order valence-electron chi connectivity index (χ3n) is 6.43. The van der Waals surface area contributed by atoms with E-state index in [0.717, 1.165) is 27.8 Å². The van der Waals surface area contributed by atoms with Gasteiger partial charge in [0.05, 0.1) is 5.69 Å². The second kappa shape index (κ2) is 8.77. The Bertz CT molecular complexity index is 1210. The molecule has 0 saturated heterocycles. The van der Waals surface area contributed by atoms with Crippen molar-refractivity contribution in [3.63, 3.8) is 0 Å². The second-order valence-corrected chi connectivity index (χ2v) is 8.46. The number of aromatic hydroxyl groups is 1. The lowest BCUT2D eigenvalue weighted by Gasteiger charge is -2.24. The highest BCUT2D eigenvalue weighted by molar-refractivity contribution is 6.00. The largest absolute Gasteiger partial charge is 0.507 e. The van der Waals surface area contributed by atoms with E-state index in [-0.39, 0.29) is 0 Å². The van der Waals surface area contributed by atoms with Crippen molar-refractivity contribution in [2.45, 2.75) is 38.0 Å². The minimum atomic E-state index is 0.301. The molecule has 2 nitrogen and oxygen atoms in total. The highest BCUT2D eigenvalue weighted by Gasteiger charge is 2.20. The first-order valence-electron chi connectivity index (χ1n) is 11.2. The molecule has 1 saturated carbocycles. The Balaban J connectivity index is 1.67. The fraction of sp³-hybridized carbons (Fsp3) is 0.207. The van der Waals surface area contributed by atoms with Gasteiger partial charge in [-0.05, 0) is 64.9 Å². The van der Waals surface area contributed by atoms with Crippen LogP contribution in [0.15, 0.2) is 89.9 Å². The van der Waals surface area contributed by atoms with Gasteiger partial charge in [-0.15, -0.1) is 0 Å². The van der Waals surface area contributed by atoms with E-state index in [1.165, 1.54) is 43.1 Å². The third kappa shape index (κ3) is 4.11. The van der Waals surface area contributed by atoms with Crippen LogP contribution in [-0.4, -0.2) is 11.3 Å². The topological polar surface area (TPSA) is 32.6 Å². The Kier molecular flexibility index (Phi) is 5.54. The Hall–Kier alpha value is -3.39. The number of fused-ring (bicyclic) bond motifs is 1. The highest BCUT2D eigenvalue weighted by atomic mass is 16.3. The molecule has 31 heavy (non-hydrogen) atoms. The lowest BCUT2D eigenvalue weighted by molar-refractivity contribution is 0.442. The number of rotatable bonds is 4. The van der Waals surface area contributed by atoms with Crippen LogP contribution in [0.2, 0.25) is 0 Å². The molecule has 154 valence electrons. The van der Waals surface area contributed by atoms with Crippen LogP contribution in [0.25, 0.3) is 21.9 Å². The van der Waals surface area contributed by atoms with E-state index in [1.807, 2.05) is 36.5 Å². The van der Waals surface area contributed by atoms with Gasteiger partial charge in [-0.3, -0.25) is 4.99 Å². The van der Waals surface area contributed by atoms with Crippen molar-refractivity contribution in [3.8, 4) is 16.9 Å². The van der Waals surface area contributed by atoms with Crippen LogP contribution in [-0.2, 0) is 0 Å². The van der Waals surface area contributed by atoms with Crippen LogP contribution in [0.4, 0.5) is 5.69 Å². The molecule has 1 N–H and O–H groups in total. The maximum Gasteiger partial charge on any atom is 0.132 e. The van der Waals surface area contributed by atoms with Gasteiger partial charge >= 0.3 is 0 Å². The summed E-state index contributed by atoms with van der Waals surface area (Å²) >= 11 is 0. The van der Waals surface area contributed by atoms with Gasteiger partial charge in [-0.25, -0.2) is 0 Å². The molecular weight excluding hydrogens is 378 g/mol. The number of para-hydroxylation sites is 1. The number of aliphatic imine (C=N–C) groups is 1. The van der Waals surface area contributed by atoms with Crippen molar-refractivity contribution in [1.82, 2.24) is 0 Å². The van der Waals surface area contributed by atoms with Crippen LogP contribution in [0.1, 0.15) is 49.1 Å². The molecule has 4 aromatic carbocycles. The third-order valence-corrected chi connectivity index (χ3v) is 6.43. The molecule has 4 aromatic rings. The quantitative estimate of drug-likeness (QED) is 0.343. The molecular formula is C29H27NO. The van der Waals surface area contributed by atoms with E-state index in [4.69, 9.17) is 0 Å². The fourth-order valence-electron chi connectivity index (χ4n) is 4.77. The van der Waals surface area contributed by atoms with E-state index < -0.39 is 0 Å². The van der Waals surface area contributed by atoms with Crippen LogP contribution in [0.3, 0.4) is 0 Å². The molecule has 0 heterocycles. The van der Waals surface area contributed by atoms with Gasteiger partial charge in [0.1, 0.15) is 5.75 Å². The maximum absolute atomic E-state index is 11.3. The molecule has 0 aromatic heterocycles. The summed E-state index contributed by atoms with van der Waals surface area (Å²) in [6.07, 6.45) is 8.13. The number of hydrogen-bond donors (Lipinski definition) is 1. The van der Waals surface area contributed by atoms with Crippen molar-refractivity contribution >= 4 is 22.7 Å². The first kappa shape index (κ1) is 19.6. The van der Waals surface area contributed by atoms with E-state index in [2.05, 4.69) is 59.6 Å². The Morgan fingerprint density at radius 3 is 2.32 bits per heavy atom. The first-order valence-corrected chi connectivity index (χ1v) is 11.2. The summed E-state index contributed by atoms with van der Waals surface area (Å²) in [7, 11) is 0. The highest BCUT2D eigenvalue weighted by Crippen LogP contribution is 2.41. The van der Waals surface area contributed by atoms with Gasteiger partial charge in [0, 0.05) is 17.3 Å². The van der Waals surface area contributed by atoms with Crippen LogP contribution < -0.4 is 0 Å². The van der Waals surface area contributed by atoms with Gasteiger partial charge in [-0.2, -0.15) is 0 Å². The molecule has 0 amide bonds. The predicted octanol–water partition coefficient (Wildman–Crippen LogP) is 8.01. The molecule has 0 bridgehead atoms. The average molecular weight is 406 g/mol. The monoisotopic (exact) mass is 405 g/mol. The number of hydrogen-bond acceptors (Lipinski definition) is 2. The predicted molar refractivity (Wildman–Crippen MR) is 131 cm³/mol. The molecule has 0 spiro atoms. The Labute approximate surface area is 183 Å². The van der Waals surface area contributed by atoms with Gasteiger partial charge in [0.15, 0.2) is 0 Å². The molecule has 0 radical (unpaired) electrons. The Morgan fingerprint density at radius 1 is 0.742 bits per heavy atom. The Morgan fingerprint density at radius 2 is 1.48 bits per heavy atom. The minimum absolute atomic E-state index is 0.301. The zero-order chi connectivity index (χ0) is 21.0. The van der Waals surface area contributed by atoms with Crippen molar-refractivity contribution < 1.29 is 5.11 Å². The van der Waals surface area contributed by atoms with Crippen molar-refractivity contribution in [2.75, 3.05) is 0 Å². The molecule has 0 atom stereocenters. The summed E-state index contributed by atoms with van der Waals surface area (Å²) in [6.45, 7) is 0. The van der Waals surface area contributed by atoms with Crippen molar-refractivity contribution in [2.24, 2.45) is 4.99 Å². The maximum atomic E-state index is 11.3. The van der Waals surface area contributed by atoms with Crippen LogP contribution in [0, 0.1) is 0 Å². The lowest BCUT2D eigenvalue weighted by atomic mass is 9.82. The number of benzene rings is 4. The zero-order valence-corrected chi connectivity index (χ0v) is 17.7. The van der Waals surface area contributed by atoms with Gasteiger partial charge in [-0.1, -0.05) is 79.9 Å². The fourth-order valence-corrected chi connectivity index (χ4v) is 4.77. The average Bonchev–Trinajstić information content (AvgIpc) is 2.84. The summed E-state index contributed by atoms with van der Waals surface area (Å²) in [5, 5.41) is 13.7. The molecule has 5 rings (SSSR count). The number of phenols is 1. The molecule has 0 unspecified atom stereocenters. The lowest BCUT2D eigenvalue weighted by Crippen LogP contribution is -2.05. The van der Waals surface area contributed by atoms with Crippen LogP contribution in [0.5, 0.6) is 5.75 Å². The molecule has 0 aliphatic heterocycles. The van der Waals surface area contributed by atoms with Crippen molar-refractivity contribution in [3.05, 3.63) is 96.1 Å². The molecule has 1 aliphatic carbocycles. The first-order chi connectivity index (χ1) is 15.3. The standard InChI is InChI=1S/C29H27NO/c31-29-24(20-30-25-14-5-2-6-15-25)18-23(21-10-3-1-4-11-21)19-28(29)27-17-9-13-22-12-7-8-16-26(22)27/h2,5-9,12-21,31H,1,3-4,10-11H2.